The Kier molecular flexibility index (Phi) is 5.27. The van der Waals surface area contributed by atoms with E-state index in [1.165, 1.54) is 10.7 Å². The molecule has 5 heteroatoms. The van der Waals surface area contributed by atoms with Crippen LogP contribution in [0.15, 0.2) is 18.2 Å². The van der Waals surface area contributed by atoms with Crippen LogP contribution in [0.1, 0.15) is 15.9 Å². The van der Waals surface area contributed by atoms with Crippen molar-refractivity contribution in [1.29, 1.82) is 0 Å². The molecule has 0 bridgehead atoms. The van der Waals surface area contributed by atoms with Gasteiger partial charge in [-0.15, -0.1) is 0 Å². The summed E-state index contributed by atoms with van der Waals surface area (Å²) in [6, 6.07) is 6.07. The van der Waals surface area contributed by atoms with E-state index in [1.54, 1.807) is 0 Å². The third-order valence-electron chi connectivity index (χ3n) is 1.94. The normalized spacial score (nSPS) is 11.1. The van der Waals surface area contributed by atoms with Crippen LogP contribution in [-0.4, -0.2) is 17.9 Å². The molecule has 3 nitrogen and oxygen atoms in total. The summed E-state index contributed by atoms with van der Waals surface area (Å²) in [5, 5.41) is 0. The van der Waals surface area contributed by atoms with Crippen LogP contribution in [-0.2, 0) is 4.84 Å². The SMILES string of the molecule is CONC(=O)c1cc(I(C)I)ccc1C. The molecule has 84 valence electrons. The Labute approximate surface area is 106 Å². The van der Waals surface area contributed by atoms with Crippen LogP contribution in [0.25, 0.3) is 0 Å². The molecule has 1 amide bonds. The Morgan fingerprint density at radius 1 is 1.53 bits per heavy atom. The maximum absolute atomic E-state index is 11.6. The third-order valence-corrected chi connectivity index (χ3v) is 7.49. The second-order valence-corrected chi connectivity index (χ2v) is 14.8. The number of nitrogens with one attached hydrogen (secondary N) is 1. The molecule has 1 aromatic carbocycles. The molecule has 0 fully saturated rings. The molecule has 1 N–H and O–H groups in total. The van der Waals surface area contributed by atoms with Crippen LogP contribution in [0.5, 0.6) is 0 Å². The molecular weight excluding hydrogens is 420 g/mol. The summed E-state index contributed by atoms with van der Waals surface area (Å²) < 4.78 is 1.30. The fraction of sp³-hybridized carbons (Fsp3) is 0.300. The summed E-state index contributed by atoms with van der Waals surface area (Å²) >= 11 is 1.42. The number of alkyl halides is 1. The predicted molar refractivity (Wildman–Crippen MR) is 78.3 cm³/mol. The summed E-state index contributed by atoms with van der Waals surface area (Å²) in [6.07, 6.45) is 0. The van der Waals surface area contributed by atoms with E-state index >= 15 is 0 Å². The van der Waals surface area contributed by atoms with Crippen LogP contribution in [0.4, 0.5) is 0 Å². The molecular formula is C10H13I2NO2. The van der Waals surface area contributed by atoms with Crippen LogP contribution in [0.2, 0.25) is 0 Å². The van der Waals surface area contributed by atoms with Gasteiger partial charge in [-0.2, -0.15) is 0 Å². The Balaban J connectivity index is 3.05. The summed E-state index contributed by atoms with van der Waals surface area (Å²) in [4.78, 5) is 18.5. The van der Waals surface area contributed by atoms with Gasteiger partial charge in [-0.05, 0) is 0 Å². The monoisotopic (exact) mass is 433 g/mol. The summed E-state index contributed by atoms with van der Waals surface area (Å²) in [5.41, 5.74) is 4.02. The van der Waals surface area contributed by atoms with Crippen molar-refractivity contribution in [1.82, 2.24) is 5.48 Å². The molecule has 0 aliphatic rings. The second kappa shape index (κ2) is 6.00. The molecule has 0 aromatic heterocycles. The van der Waals surface area contributed by atoms with Crippen molar-refractivity contribution in [2.24, 2.45) is 0 Å². The van der Waals surface area contributed by atoms with E-state index < -0.39 is 15.8 Å². The molecule has 0 aliphatic heterocycles. The van der Waals surface area contributed by atoms with Gasteiger partial charge in [-0.25, -0.2) is 0 Å². The van der Waals surface area contributed by atoms with Crippen LogP contribution >= 0.6 is 34.5 Å². The predicted octanol–water partition coefficient (Wildman–Crippen LogP) is 2.94. The molecule has 0 saturated heterocycles. The van der Waals surface area contributed by atoms with Gasteiger partial charge in [0.15, 0.2) is 0 Å². The molecule has 0 saturated carbocycles. The van der Waals surface area contributed by atoms with Crippen LogP contribution in [0, 0.1) is 10.5 Å². The van der Waals surface area contributed by atoms with Gasteiger partial charge >= 0.3 is 107 Å². The zero-order valence-electron chi connectivity index (χ0n) is 8.80. The quantitative estimate of drug-likeness (QED) is 0.453. The van der Waals surface area contributed by atoms with Crippen molar-refractivity contribution in [3.63, 3.8) is 0 Å². The van der Waals surface area contributed by atoms with E-state index in [2.05, 4.69) is 39.9 Å². The zero-order valence-corrected chi connectivity index (χ0v) is 13.1. The van der Waals surface area contributed by atoms with E-state index in [9.17, 15) is 4.79 Å². The number of amides is 1. The first-order chi connectivity index (χ1) is 7.06. The molecule has 0 heterocycles. The van der Waals surface area contributed by atoms with Crippen molar-refractivity contribution < 1.29 is 9.63 Å². The van der Waals surface area contributed by atoms with Gasteiger partial charge in [-0.1, -0.05) is 0 Å². The molecule has 1 rings (SSSR count). The standard InChI is InChI=1S/C10H13I2NO2/c1-7-4-5-8(12(2)11)6-9(7)10(14)13-15-3/h4-6H,1-3H3,(H,13,14). The summed E-state index contributed by atoms with van der Waals surface area (Å²) in [5.74, 6) is -0.175. The van der Waals surface area contributed by atoms with E-state index in [0.29, 0.717) is 5.56 Å². The number of benzene rings is 1. The number of hydroxylamine groups is 1. The molecule has 0 unspecified atom stereocenters. The van der Waals surface area contributed by atoms with Crippen molar-refractivity contribution >= 4 is 40.4 Å². The molecule has 0 spiro atoms. The van der Waals surface area contributed by atoms with E-state index in [-0.39, 0.29) is 5.91 Å². The number of halogens is 2. The number of hydrogen-bond donors (Lipinski definition) is 1. The topological polar surface area (TPSA) is 38.3 Å². The molecule has 0 aliphatic carbocycles. The molecule has 0 atom stereocenters. The minimum atomic E-state index is -1.05. The van der Waals surface area contributed by atoms with Gasteiger partial charge in [0.1, 0.15) is 0 Å². The number of aryl methyl sites for hydroxylation is 1. The summed E-state index contributed by atoms with van der Waals surface area (Å²) in [7, 11) is 1.44. The number of rotatable bonds is 3. The van der Waals surface area contributed by atoms with Crippen molar-refractivity contribution in [3.8, 4) is 0 Å². The average molecular weight is 433 g/mol. The van der Waals surface area contributed by atoms with Crippen LogP contribution < -0.4 is 5.48 Å². The Bertz CT molecular complexity index is 366. The second-order valence-electron chi connectivity index (χ2n) is 3.00. The molecule has 1 aromatic rings. The van der Waals surface area contributed by atoms with Gasteiger partial charge in [0.2, 0.25) is 0 Å². The Morgan fingerprint density at radius 3 is 2.73 bits per heavy atom. The Morgan fingerprint density at radius 2 is 2.20 bits per heavy atom. The van der Waals surface area contributed by atoms with Gasteiger partial charge < -0.3 is 0 Å². The van der Waals surface area contributed by atoms with Crippen molar-refractivity contribution in [3.05, 3.63) is 32.9 Å². The molecule has 15 heavy (non-hydrogen) atoms. The fourth-order valence-corrected chi connectivity index (χ4v) is 4.27. The number of hydrogen-bond acceptors (Lipinski definition) is 2. The van der Waals surface area contributed by atoms with Gasteiger partial charge in [-0.3, -0.25) is 0 Å². The van der Waals surface area contributed by atoms with E-state index in [0.717, 1.165) is 5.56 Å². The van der Waals surface area contributed by atoms with Gasteiger partial charge in [0.05, 0.1) is 0 Å². The minimum absolute atomic E-state index is 0.175. The first-order valence-corrected chi connectivity index (χ1v) is 13.8. The third kappa shape index (κ3) is 3.56. The fourth-order valence-electron chi connectivity index (χ4n) is 1.15. The number of carbonyl (C=O) groups excluding carboxylic acids is 1. The first-order valence-electron chi connectivity index (χ1n) is 4.26. The van der Waals surface area contributed by atoms with E-state index in [1.807, 2.05) is 19.1 Å². The zero-order chi connectivity index (χ0) is 11.4. The van der Waals surface area contributed by atoms with Crippen LogP contribution in [0.3, 0.4) is 0 Å². The van der Waals surface area contributed by atoms with Gasteiger partial charge in [0.25, 0.3) is 0 Å². The van der Waals surface area contributed by atoms with Gasteiger partial charge in [0, 0.05) is 0 Å². The maximum atomic E-state index is 11.6. The first kappa shape index (κ1) is 13.2. The molecule has 0 radical (unpaired) electrons. The average Bonchev–Trinajstić information content (AvgIpc) is 2.18. The summed E-state index contributed by atoms with van der Waals surface area (Å²) in [6.45, 7) is 1.93. The Hall–Kier alpha value is 0.110. The van der Waals surface area contributed by atoms with Crippen molar-refractivity contribution in [2.75, 3.05) is 12.0 Å². The van der Waals surface area contributed by atoms with Crippen molar-refractivity contribution in [2.45, 2.75) is 6.92 Å². The van der Waals surface area contributed by atoms with E-state index in [4.69, 9.17) is 0 Å². The number of carbonyl (C=O) groups is 1.